The summed E-state index contributed by atoms with van der Waals surface area (Å²) in [5, 5.41) is 29.1. The highest BCUT2D eigenvalue weighted by molar-refractivity contribution is 5.99. The van der Waals surface area contributed by atoms with Crippen molar-refractivity contribution in [1.82, 2.24) is 5.32 Å². The number of hydrogen-bond donors (Lipinski definition) is 3. The maximum atomic E-state index is 15.8. The third kappa shape index (κ3) is 9.50. The van der Waals surface area contributed by atoms with Crippen LogP contribution in [-0.4, -0.2) is 106 Å². The molecule has 1 heterocycles. The number of esters is 5. The predicted octanol–water partition coefficient (Wildman–Crippen LogP) is 6.39. The number of benzene rings is 4. The SMILES string of the molecule is CC(=O)O[C@H]1C(=O)[C@@]2(C)[C@H]([C@H](OC(=O)c3ccccc3)C3(O)C[C@H](OC(=O)[C@H](OC(=O)c4ccccc4)[C@@H](NC(=O)/C(C)=C/c4ccccc4)c4ccccc4)C(C)=C1C3(C)C)[C@]1(OC(C)=O)CO[C@@H]1C[C@@H]2O. The number of aliphatic hydroxyl groups is 2. The first-order chi connectivity index (χ1) is 34.6. The number of ketones is 1. The lowest BCUT2D eigenvalue weighted by molar-refractivity contribution is -0.346. The molecule has 4 aromatic carbocycles. The molecule has 16 nitrogen and oxygen atoms in total. The van der Waals surface area contributed by atoms with Crippen molar-refractivity contribution in [3.8, 4) is 0 Å². The zero-order chi connectivity index (χ0) is 52.6. The first kappa shape index (κ1) is 52.1. The van der Waals surface area contributed by atoms with Gasteiger partial charge in [0.1, 0.15) is 30.0 Å². The van der Waals surface area contributed by atoms with E-state index in [-0.39, 0.29) is 40.9 Å². The first-order valence-electron chi connectivity index (χ1n) is 24.1. The minimum atomic E-state index is -2.46. The van der Waals surface area contributed by atoms with Crippen molar-refractivity contribution in [2.45, 2.75) is 115 Å². The van der Waals surface area contributed by atoms with Crippen molar-refractivity contribution < 1.29 is 72.2 Å². The minimum absolute atomic E-state index is 0.0344. The van der Waals surface area contributed by atoms with Crippen molar-refractivity contribution >= 4 is 47.6 Å². The average Bonchev–Trinajstić information content (AvgIpc) is 3.36. The van der Waals surface area contributed by atoms with E-state index in [1.165, 1.54) is 38.1 Å². The Morgan fingerprint density at radius 2 is 1.32 bits per heavy atom. The first-order valence-corrected chi connectivity index (χ1v) is 24.1. The monoisotopic (exact) mass is 997 g/mol. The number of carbonyl (C=O) groups excluding carboxylic acids is 7. The number of ether oxygens (including phenoxy) is 6. The summed E-state index contributed by atoms with van der Waals surface area (Å²) >= 11 is 0. The summed E-state index contributed by atoms with van der Waals surface area (Å²) in [5.74, 6) is -7.93. The number of carbonyl (C=O) groups is 7. The highest BCUT2D eigenvalue weighted by Crippen LogP contribution is 2.64. The molecule has 1 amide bonds. The molecular weight excluding hydrogens is 939 g/mol. The Kier molecular flexibility index (Phi) is 14.5. The van der Waals surface area contributed by atoms with E-state index in [2.05, 4.69) is 5.32 Å². The average molecular weight is 998 g/mol. The number of aliphatic hydroxyl groups excluding tert-OH is 1. The molecule has 1 unspecified atom stereocenters. The lowest BCUT2D eigenvalue weighted by Gasteiger charge is -2.67. The van der Waals surface area contributed by atoms with Gasteiger partial charge >= 0.3 is 29.8 Å². The van der Waals surface area contributed by atoms with Crippen LogP contribution in [0, 0.1) is 16.7 Å². The maximum absolute atomic E-state index is 15.8. The van der Waals surface area contributed by atoms with Crippen LogP contribution >= 0.6 is 0 Å². The van der Waals surface area contributed by atoms with E-state index in [4.69, 9.17) is 28.4 Å². The Morgan fingerprint density at radius 1 is 0.753 bits per heavy atom. The number of amides is 1. The lowest BCUT2D eigenvalue weighted by Crippen LogP contribution is -2.82. The van der Waals surface area contributed by atoms with E-state index in [1.807, 2.05) is 18.2 Å². The molecule has 8 rings (SSSR count). The molecule has 0 aromatic heterocycles. The summed E-state index contributed by atoms with van der Waals surface area (Å²) < 4.78 is 37.0. The molecule has 11 atom stereocenters. The van der Waals surface area contributed by atoms with Crippen LogP contribution in [0.3, 0.4) is 0 Å². The zero-order valence-corrected chi connectivity index (χ0v) is 41.6. The Balaban J connectivity index is 1.30. The van der Waals surface area contributed by atoms with E-state index in [9.17, 15) is 34.2 Å². The van der Waals surface area contributed by atoms with Gasteiger partial charge in [-0.1, -0.05) is 111 Å². The molecule has 382 valence electrons. The van der Waals surface area contributed by atoms with Crippen LogP contribution in [0.4, 0.5) is 0 Å². The Labute approximate surface area is 422 Å². The van der Waals surface area contributed by atoms with Crippen LogP contribution in [0.5, 0.6) is 0 Å². The van der Waals surface area contributed by atoms with E-state index < -0.39 is 119 Å². The van der Waals surface area contributed by atoms with Gasteiger partial charge in [-0.05, 0) is 73.4 Å². The Bertz CT molecular complexity index is 2850. The van der Waals surface area contributed by atoms with E-state index in [0.29, 0.717) is 5.56 Å². The smallest absolute Gasteiger partial charge is 0.350 e. The minimum Gasteiger partial charge on any atom is -0.455 e. The predicted molar refractivity (Wildman–Crippen MR) is 262 cm³/mol. The molecule has 73 heavy (non-hydrogen) atoms. The fourth-order valence-corrected chi connectivity index (χ4v) is 11.3. The second kappa shape index (κ2) is 20.3. The molecule has 16 heteroatoms. The summed E-state index contributed by atoms with van der Waals surface area (Å²) in [4.78, 5) is 100. The largest absolute Gasteiger partial charge is 0.455 e. The molecule has 3 fully saturated rings. The van der Waals surface area contributed by atoms with Crippen LogP contribution in [-0.2, 0) is 52.4 Å². The number of rotatable bonds is 13. The van der Waals surface area contributed by atoms with Crippen molar-refractivity contribution in [2.24, 2.45) is 16.7 Å². The van der Waals surface area contributed by atoms with Crippen LogP contribution < -0.4 is 5.32 Å². The summed E-state index contributed by atoms with van der Waals surface area (Å²) in [6.07, 6.45) is -9.12. The van der Waals surface area contributed by atoms with Gasteiger partial charge in [0.25, 0.3) is 0 Å². The van der Waals surface area contributed by atoms with Crippen molar-refractivity contribution in [2.75, 3.05) is 6.61 Å². The van der Waals surface area contributed by atoms with Crippen LogP contribution in [0.25, 0.3) is 6.08 Å². The fraction of sp³-hybridized carbons (Fsp3) is 0.386. The molecule has 2 bridgehead atoms. The molecule has 3 aliphatic carbocycles. The second-order valence-electron chi connectivity index (χ2n) is 20.0. The van der Waals surface area contributed by atoms with Crippen molar-refractivity contribution in [3.05, 3.63) is 160 Å². The topological polar surface area (TPSA) is 227 Å². The molecule has 0 spiro atoms. The van der Waals surface area contributed by atoms with Gasteiger partial charge in [0.05, 0.1) is 35.2 Å². The molecule has 0 radical (unpaired) electrons. The van der Waals surface area contributed by atoms with E-state index >= 15 is 9.59 Å². The van der Waals surface area contributed by atoms with Gasteiger partial charge < -0.3 is 44.0 Å². The number of Topliss-reactive ketones (excluding diaryl/α,β-unsaturated/α-hetero) is 1. The van der Waals surface area contributed by atoms with E-state index in [1.54, 1.807) is 106 Å². The third-order valence-electron chi connectivity index (χ3n) is 15.2. The van der Waals surface area contributed by atoms with Gasteiger partial charge in [0.15, 0.2) is 17.5 Å². The molecule has 1 aliphatic heterocycles. The number of nitrogens with one attached hydrogen (secondary N) is 1. The molecule has 1 saturated heterocycles. The molecule has 3 N–H and O–H groups in total. The van der Waals surface area contributed by atoms with Gasteiger partial charge in [-0.25, -0.2) is 14.4 Å². The van der Waals surface area contributed by atoms with Crippen LogP contribution in [0.15, 0.2) is 138 Å². The van der Waals surface area contributed by atoms with E-state index in [0.717, 1.165) is 19.4 Å². The zero-order valence-electron chi connectivity index (χ0n) is 41.6. The van der Waals surface area contributed by atoms with Gasteiger partial charge in [-0.2, -0.15) is 0 Å². The summed E-state index contributed by atoms with van der Waals surface area (Å²) in [7, 11) is 0. The molecule has 4 aliphatic rings. The Hall–Kier alpha value is -7.27. The van der Waals surface area contributed by atoms with Crippen molar-refractivity contribution in [3.63, 3.8) is 0 Å². The molecule has 2 saturated carbocycles. The highest BCUT2D eigenvalue weighted by Gasteiger charge is 2.78. The normalized spacial score (nSPS) is 28.9. The summed E-state index contributed by atoms with van der Waals surface area (Å²) in [5.41, 5.74) is -6.58. The summed E-state index contributed by atoms with van der Waals surface area (Å²) in [6, 6.07) is 31.6. The van der Waals surface area contributed by atoms with Crippen LogP contribution in [0.2, 0.25) is 0 Å². The quantitative estimate of drug-likeness (QED) is 0.0571. The van der Waals surface area contributed by atoms with Gasteiger partial charge in [-0.15, -0.1) is 0 Å². The summed E-state index contributed by atoms with van der Waals surface area (Å²) in [6.45, 7) is 9.51. The standard InChI is InChI=1S/C57H59NO15/c1-32(28-36-20-12-8-13-21-36)50(63)58-44(37-22-14-9-15-23-37)46(71-51(64)38-24-16-10-17-25-38)53(66)70-40-30-57(67)49(72-52(65)39-26-18-11-19-27-39)47-55(7,41(61)29-42-56(47,31-68-42)73-35(4)60)48(62)45(69-34(3)59)43(33(40)2)54(57,5)6/h8-28,40-42,44-47,49,61,67H,29-31H2,1-7H3,(H,58,63)/b32-28+/t40-,41-,42+,44-,45+,46+,47-,49-,55+,56-,57?/m0/s1. The van der Waals surface area contributed by atoms with Gasteiger partial charge in [-0.3, -0.25) is 19.2 Å². The third-order valence-corrected chi connectivity index (χ3v) is 15.2. The van der Waals surface area contributed by atoms with Gasteiger partial charge in [0, 0.05) is 37.7 Å². The van der Waals surface area contributed by atoms with Gasteiger partial charge in [0.2, 0.25) is 12.0 Å². The number of fused-ring (bicyclic) bond motifs is 5. The Morgan fingerprint density at radius 3 is 1.86 bits per heavy atom. The maximum Gasteiger partial charge on any atom is 0.350 e. The molecular formula is C57H59NO15. The highest BCUT2D eigenvalue weighted by atomic mass is 16.6. The van der Waals surface area contributed by atoms with Crippen molar-refractivity contribution in [1.29, 1.82) is 0 Å². The van der Waals surface area contributed by atoms with Crippen LogP contribution in [0.1, 0.15) is 99.2 Å². The molecule has 4 aromatic rings. The fourth-order valence-electron chi connectivity index (χ4n) is 11.3. The lowest BCUT2D eigenvalue weighted by atomic mass is 9.44. The second-order valence-corrected chi connectivity index (χ2v) is 20.0. The number of hydrogen-bond acceptors (Lipinski definition) is 15.